The molecule has 1 aromatic rings. The summed E-state index contributed by atoms with van der Waals surface area (Å²) < 4.78 is 35.5. The van der Waals surface area contributed by atoms with E-state index in [0.29, 0.717) is 44.4 Å². The van der Waals surface area contributed by atoms with Crippen molar-refractivity contribution in [3.8, 4) is 5.75 Å². The number of carbonyl (C=O) groups is 1. The normalized spacial score (nSPS) is 26.3. The van der Waals surface area contributed by atoms with E-state index in [1.165, 1.54) is 0 Å². The first-order valence-electron chi connectivity index (χ1n) is 10.6. The number of ether oxygens (including phenoxy) is 2. The highest BCUT2D eigenvalue weighted by Gasteiger charge is 2.45. The zero-order valence-electron chi connectivity index (χ0n) is 18.4. The molecule has 31 heavy (non-hydrogen) atoms. The van der Waals surface area contributed by atoms with Gasteiger partial charge in [-0.2, -0.15) is 0 Å². The minimum absolute atomic E-state index is 0.0228. The molecule has 2 unspecified atom stereocenters. The van der Waals surface area contributed by atoms with Crippen LogP contribution in [-0.2, 0) is 19.3 Å². The Morgan fingerprint density at radius 1 is 1.26 bits per heavy atom. The highest BCUT2D eigenvalue weighted by Crippen LogP contribution is 2.43. The molecule has 1 aromatic heterocycles. The van der Waals surface area contributed by atoms with Crippen LogP contribution in [0.4, 0.5) is 5.82 Å². The number of nitrogens with zero attached hydrogens (tertiary/aromatic N) is 4. The van der Waals surface area contributed by atoms with E-state index in [-0.39, 0.29) is 36.3 Å². The highest BCUT2D eigenvalue weighted by molar-refractivity contribution is 7.91. The number of aromatic nitrogens is 2. The third kappa shape index (κ3) is 3.66. The number of carbonyl (C=O) groups excluding carboxylic acids is 1. The molecule has 0 aromatic carbocycles. The maximum Gasteiger partial charge on any atom is 0.292 e. The Morgan fingerprint density at radius 2 is 2.00 bits per heavy atom. The standard InChI is InChI=1S/C20H30N4O6S/c1-12-9-29-10-14-11-30-15-16(20(2,3)31(4,27)28)21-17(22-18(15)24(12)14)19(26)23-7-5-6-13(23)8-25/h12-14,25H,5-11H2,1-4H3/t12?,13?,14-/m1/s1. The van der Waals surface area contributed by atoms with Crippen LogP contribution in [-0.4, -0.2) is 91.7 Å². The van der Waals surface area contributed by atoms with E-state index < -0.39 is 20.5 Å². The fourth-order valence-corrected chi connectivity index (χ4v) is 4.92. The van der Waals surface area contributed by atoms with E-state index in [0.717, 1.165) is 12.7 Å². The SMILES string of the molecule is CC1COC[C@@H]2COc3c(nc(C(=O)N4CCCC4CO)nc3C(C)(C)S(C)(=O)=O)N12. The number of likely N-dealkylation sites (tertiary alicyclic amines) is 1. The van der Waals surface area contributed by atoms with Crippen LogP contribution in [0, 0.1) is 0 Å². The van der Waals surface area contributed by atoms with E-state index in [1.54, 1.807) is 18.7 Å². The zero-order valence-corrected chi connectivity index (χ0v) is 19.2. The van der Waals surface area contributed by atoms with Gasteiger partial charge in [0, 0.05) is 12.8 Å². The number of aliphatic hydroxyl groups excluding tert-OH is 1. The largest absolute Gasteiger partial charge is 0.486 e. The number of anilines is 1. The quantitative estimate of drug-likeness (QED) is 0.686. The summed E-state index contributed by atoms with van der Waals surface area (Å²) in [6, 6.07) is -0.393. The van der Waals surface area contributed by atoms with Crippen molar-refractivity contribution in [2.45, 2.75) is 56.5 Å². The summed E-state index contributed by atoms with van der Waals surface area (Å²) in [5.41, 5.74) is 0.181. The lowest BCUT2D eigenvalue weighted by Gasteiger charge is -2.45. The maximum absolute atomic E-state index is 13.3. The van der Waals surface area contributed by atoms with Gasteiger partial charge in [-0.1, -0.05) is 0 Å². The van der Waals surface area contributed by atoms with Crippen molar-refractivity contribution in [2.75, 3.05) is 44.1 Å². The zero-order chi connectivity index (χ0) is 22.6. The summed E-state index contributed by atoms with van der Waals surface area (Å²) in [6.45, 7) is 6.75. The molecule has 2 saturated heterocycles. The topological polar surface area (TPSA) is 122 Å². The number of fused-ring (bicyclic) bond motifs is 3. The lowest BCUT2D eigenvalue weighted by Crippen LogP contribution is -2.56. The molecule has 0 saturated carbocycles. The van der Waals surface area contributed by atoms with Gasteiger partial charge >= 0.3 is 0 Å². The smallest absolute Gasteiger partial charge is 0.292 e. The van der Waals surface area contributed by atoms with Crippen molar-refractivity contribution in [3.05, 3.63) is 11.5 Å². The van der Waals surface area contributed by atoms with Gasteiger partial charge in [-0.25, -0.2) is 18.4 Å². The molecule has 0 radical (unpaired) electrons. The molecule has 0 aliphatic carbocycles. The summed E-state index contributed by atoms with van der Waals surface area (Å²) in [6.07, 6.45) is 2.64. The van der Waals surface area contributed by atoms with Crippen LogP contribution in [0.5, 0.6) is 5.75 Å². The van der Waals surface area contributed by atoms with E-state index in [9.17, 15) is 18.3 Å². The van der Waals surface area contributed by atoms with Crippen LogP contribution < -0.4 is 9.64 Å². The minimum Gasteiger partial charge on any atom is -0.486 e. The molecule has 3 aliphatic rings. The Kier molecular flexibility index (Phi) is 5.63. The molecule has 3 aliphatic heterocycles. The molecule has 1 N–H and O–H groups in total. The van der Waals surface area contributed by atoms with Gasteiger partial charge in [0.25, 0.3) is 5.91 Å². The van der Waals surface area contributed by atoms with Crippen LogP contribution >= 0.6 is 0 Å². The van der Waals surface area contributed by atoms with Crippen LogP contribution in [0.25, 0.3) is 0 Å². The Morgan fingerprint density at radius 3 is 2.68 bits per heavy atom. The molecule has 11 heteroatoms. The van der Waals surface area contributed by atoms with Crippen LogP contribution in [0.2, 0.25) is 0 Å². The van der Waals surface area contributed by atoms with Gasteiger partial charge < -0.3 is 24.4 Å². The molecular formula is C20H30N4O6S. The van der Waals surface area contributed by atoms with Gasteiger partial charge in [0.1, 0.15) is 17.0 Å². The first kappa shape index (κ1) is 22.2. The summed E-state index contributed by atoms with van der Waals surface area (Å²) in [5, 5.41) is 9.65. The van der Waals surface area contributed by atoms with E-state index in [1.807, 2.05) is 6.92 Å². The molecule has 0 spiro atoms. The molecule has 172 valence electrons. The Bertz CT molecular complexity index is 982. The van der Waals surface area contributed by atoms with Gasteiger partial charge in [0.05, 0.1) is 37.9 Å². The van der Waals surface area contributed by atoms with Crippen molar-refractivity contribution in [1.82, 2.24) is 14.9 Å². The summed E-state index contributed by atoms with van der Waals surface area (Å²) in [4.78, 5) is 26.0. The van der Waals surface area contributed by atoms with Crippen molar-refractivity contribution in [1.29, 1.82) is 0 Å². The first-order valence-corrected chi connectivity index (χ1v) is 12.5. The van der Waals surface area contributed by atoms with E-state index in [4.69, 9.17) is 9.47 Å². The molecule has 2 fully saturated rings. The fraction of sp³-hybridized carbons (Fsp3) is 0.750. The lowest BCUT2D eigenvalue weighted by atomic mass is 10.0. The molecule has 4 rings (SSSR count). The van der Waals surface area contributed by atoms with Gasteiger partial charge in [0.2, 0.25) is 5.82 Å². The molecule has 10 nitrogen and oxygen atoms in total. The molecular weight excluding hydrogens is 424 g/mol. The first-order chi connectivity index (χ1) is 14.6. The molecule has 1 amide bonds. The van der Waals surface area contributed by atoms with E-state index >= 15 is 0 Å². The lowest BCUT2D eigenvalue weighted by molar-refractivity contribution is 0.0479. The minimum atomic E-state index is -3.59. The van der Waals surface area contributed by atoms with Gasteiger partial charge in [-0.15, -0.1) is 0 Å². The number of morpholine rings is 1. The maximum atomic E-state index is 13.3. The van der Waals surface area contributed by atoms with E-state index in [2.05, 4.69) is 14.9 Å². The number of hydrogen-bond acceptors (Lipinski definition) is 9. The Balaban J connectivity index is 1.89. The number of hydrogen-bond donors (Lipinski definition) is 1. The average Bonchev–Trinajstić information content (AvgIpc) is 3.20. The summed E-state index contributed by atoms with van der Waals surface area (Å²) in [5.74, 6) is 0.246. The Labute approximate surface area is 182 Å². The van der Waals surface area contributed by atoms with Gasteiger partial charge in [-0.3, -0.25) is 4.79 Å². The molecule has 0 bridgehead atoms. The van der Waals surface area contributed by atoms with Crippen LogP contribution in [0.15, 0.2) is 0 Å². The molecule has 4 heterocycles. The number of amides is 1. The van der Waals surface area contributed by atoms with Gasteiger partial charge in [-0.05, 0) is 33.6 Å². The van der Waals surface area contributed by atoms with Crippen LogP contribution in [0.1, 0.15) is 49.9 Å². The van der Waals surface area contributed by atoms with Crippen molar-refractivity contribution >= 4 is 21.6 Å². The highest BCUT2D eigenvalue weighted by atomic mass is 32.2. The number of aliphatic hydroxyl groups is 1. The second-order valence-electron chi connectivity index (χ2n) is 9.07. The third-order valence-electron chi connectivity index (χ3n) is 6.59. The predicted molar refractivity (Wildman–Crippen MR) is 113 cm³/mol. The third-order valence-corrected chi connectivity index (χ3v) is 8.63. The van der Waals surface area contributed by atoms with Crippen LogP contribution in [0.3, 0.4) is 0 Å². The fourth-order valence-electron chi connectivity index (χ4n) is 4.43. The number of sulfone groups is 1. The summed E-state index contributed by atoms with van der Waals surface area (Å²) in [7, 11) is -3.59. The second kappa shape index (κ2) is 7.86. The molecule has 3 atom stereocenters. The van der Waals surface area contributed by atoms with Crippen molar-refractivity contribution in [3.63, 3.8) is 0 Å². The monoisotopic (exact) mass is 454 g/mol. The average molecular weight is 455 g/mol. The van der Waals surface area contributed by atoms with Gasteiger partial charge in [0.15, 0.2) is 21.4 Å². The second-order valence-corrected chi connectivity index (χ2v) is 11.6. The Hall–Kier alpha value is -1.98. The van der Waals surface area contributed by atoms with Crippen molar-refractivity contribution in [2.24, 2.45) is 0 Å². The van der Waals surface area contributed by atoms with Crippen molar-refractivity contribution < 1.29 is 27.8 Å². The number of rotatable bonds is 4. The predicted octanol–water partition coefficient (Wildman–Crippen LogP) is 0.339. The summed E-state index contributed by atoms with van der Waals surface area (Å²) >= 11 is 0.